The number of nitrogens with one attached hydrogen (secondary N) is 2. The van der Waals surface area contributed by atoms with E-state index < -0.39 is 27.3 Å². The van der Waals surface area contributed by atoms with E-state index in [4.69, 9.17) is 4.74 Å². The van der Waals surface area contributed by atoms with Crippen molar-refractivity contribution in [3.8, 4) is 0 Å². The highest BCUT2D eigenvalue weighted by molar-refractivity contribution is 7.89. The molecule has 0 radical (unpaired) electrons. The summed E-state index contributed by atoms with van der Waals surface area (Å²) in [6, 6.07) is 5.41. The number of carboxylic acids is 1. The third-order valence-corrected chi connectivity index (χ3v) is 5.62. The van der Waals surface area contributed by atoms with Crippen LogP contribution in [0.15, 0.2) is 29.2 Å². The Labute approximate surface area is 140 Å². The van der Waals surface area contributed by atoms with Crippen LogP contribution in [-0.2, 0) is 19.6 Å². The summed E-state index contributed by atoms with van der Waals surface area (Å²) in [4.78, 5) is 23.8. The van der Waals surface area contributed by atoms with Gasteiger partial charge >= 0.3 is 5.97 Å². The van der Waals surface area contributed by atoms with E-state index in [1.165, 1.54) is 31.3 Å². The summed E-state index contributed by atoms with van der Waals surface area (Å²) in [5.74, 6) is -1.41. The van der Waals surface area contributed by atoms with Gasteiger partial charge in [0.25, 0.3) is 5.91 Å². The second-order valence-corrected chi connectivity index (χ2v) is 7.50. The van der Waals surface area contributed by atoms with Crippen LogP contribution in [0.5, 0.6) is 0 Å². The Balaban J connectivity index is 2.05. The van der Waals surface area contributed by atoms with Gasteiger partial charge in [0.05, 0.1) is 10.3 Å². The maximum absolute atomic E-state index is 12.2. The van der Waals surface area contributed by atoms with Crippen molar-refractivity contribution >= 4 is 21.9 Å². The quantitative estimate of drug-likeness (QED) is 0.670. The number of amides is 1. The number of carbonyl (C=O) groups is 2. The van der Waals surface area contributed by atoms with Gasteiger partial charge in [0.2, 0.25) is 10.0 Å². The first kappa shape index (κ1) is 18.4. The second-order valence-electron chi connectivity index (χ2n) is 5.61. The molecule has 0 spiro atoms. The molecule has 3 N–H and O–H groups in total. The molecule has 0 aliphatic carbocycles. The summed E-state index contributed by atoms with van der Waals surface area (Å²) >= 11 is 0. The minimum atomic E-state index is -3.56. The molecule has 0 atom stereocenters. The number of rotatable bonds is 6. The number of ether oxygens (including phenoxy) is 1. The van der Waals surface area contributed by atoms with Crippen molar-refractivity contribution in [2.24, 2.45) is 5.41 Å². The van der Waals surface area contributed by atoms with Gasteiger partial charge in [-0.1, -0.05) is 0 Å². The summed E-state index contributed by atoms with van der Waals surface area (Å²) in [7, 11) is -2.26. The topological polar surface area (TPSA) is 122 Å². The number of aliphatic carboxylic acids is 1. The molecule has 1 fully saturated rings. The van der Waals surface area contributed by atoms with Crippen molar-refractivity contribution in [2.45, 2.75) is 17.7 Å². The average Bonchev–Trinajstić information content (AvgIpc) is 2.60. The van der Waals surface area contributed by atoms with Crippen LogP contribution >= 0.6 is 0 Å². The Hall–Kier alpha value is -1.97. The molecule has 1 saturated heterocycles. The highest BCUT2D eigenvalue weighted by Crippen LogP contribution is 2.30. The van der Waals surface area contributed by atoms with E-state index in [1.807, 2.05) is 0 Å². The maximum atomic E-state index is 12.2. The van der Waals surface area contributed by atoms with Gasteiger partial charge < -0.3 is 15.2 Å². The summed E-state index contributed by atoms with van der Waals surface area (Å²) in [6.07, 6.45) is 0.671. The predicted molar refractivity (Wildman–Crippen MR) is 85.1 cm³/mol. The van der Waals surface area contributed by atoms with Crippen LogP contribution < -0.4 is 10.0 Å². The Morgan fingerprint density at radius 1 is 1.21 bits per heavy atom. The molecular formula is C15H20N2O6S. The maximum Gasteiger partial charge on any atom is 0.311 e. The van der Waals surface area contributed by atoms with E-state index in [1.54, 1.807) is 0 Å². The van der Waals surface area contributed by atoms with E-state index in [0.717, 1.165) is 0 Å². The van der Waals surface area contributed by atoms with Crippen LogP contribution in [0.25, 0.3) is 0 Å². The zero-order valence-corrected chi connectivity index (χ0v) is 14.1. The van der Waals surface area contributed by atoms with Crippen LogP contribution in [0, 0.1) is 5.41 Å². The first-order chi connectivity index (χ1) is 11.3. The molecular weight excluding hydrogens is 336 g/mol. The molecule has 1 heterocycles. The smallest absolute Gasteiger partial charge is 0.311 e. The lowest BCUT2D eigenvalue weighted by Crippen LogP contribution is -2.46. The molecule has 8 nitrogen and oxygen atoms in total. The number of benzene rings is 1. The van der Waals surface area contributed by atoms with E-state index in [-0.39, 0.29) is 17.0 Å². The first-order valence-electron chi connectivity index (χ1n) is 7.44. The van der Waals surface area contributed by atoms with Crippen molar-refractivity contribution < 1.29 is 27.9 Å². The predicted octanol–water partition coefficient (Wildman–Crippen LogP) is 0.206. The fraction of sp³-hybridized carbons (Fsp3) is 0.467. The molecule has 132 valence electrons. The zero-order chi connectivity index (χ0) is 17.8. The van der Waals surface area contributed by atoms with E-state index >= 15 is 0 Å². The summed E-state index contributed by atoms with van der Waals surface area (Å²) in [5, 5.41) is 12.1. The summed E-state index contributed by atoms with van der Waals surface area (Å²) < 4.78 is 30.7. The van der Waals surface area contributed by atoms with Crippen molar-refractivity contribution in [2.75, 3.05) is 26.8 Å². The third kappa shape index (κ3) is 3.92. The minimum absolute atomic E-state index is 0.00108. The molecule has 0 bridgehead atoms. The highest BCUT2D eigenvalue weighted by atomic mass is 32.2. The molecule has 24 heavy (non-hydrogen) atoms. The molecule has 1 aromatic rings. The Morgan fingerprint density at radius 3 is 2.29 bits per heavy atom. The normalized spacial score (nSPS) is 17.2. The van der Waals surface area contributed by atoms with Crippen molar-refractivity contribution in [1.82, 2.24) is 10.0 Å². The lowest BCUT2D eigenvalue weighted by Gasteiger charge is -2.33. The van der Waals surface area contributed by atoms with Crippen LogP contribution in [-0.4, -0.2) is 52.2 Å². The van der Waals surface area contributed by atoms with Crippen molar-refractivity contribution in [1.29, 1.82) is 0 Å². The second kappa shape index (κ2) is 7.29. The van der Waals surface area contributed by atoms with Gasteiger partial charge in [-0.15, -0.1) is 0 Å². The highest BCUT2D eigenvalue weighted by Gasteiger charge is 2.40. The Bertz CT molecular complexity index is 708. The summed E-state index contributed by atoms with van der Waals surface area (Å²) in [5.41, 5.74) is -0.763. The van der Waals surface area contributed by atoms with E-state index in [9.17, 15) is 23.1 Å². The SMILES string of the molecule is CNS(=O)(=O)c1ccc(C(=O)NCC2(C(=O)O)CCOCC2)cc1. The van der Waals surface area contributed by atoms with E-state index in [0.29, 0.717) is 26.1 Å². The van der Waals surface area contributed by atoms with Crippen LogP contribution in [0.1, 0.15) is 23.2 Å². The molecule has 1 aromatic carbocycles. The van der Waals surface area contributed by atoms with Crippen LogP contribution in [0.3, 0.4) is 0 Å². The number of hydrogen-bond donors (Lipinski definition) is 3. The Morgan fingerprint density at radius 2 is 1.79 bits per heavy atom. The molecule has 9 heteroatoms. The van der Waals surface area contributed by atoms with Gasteiger partial charge in [0.15, 0.2) is 0 Å². The van der Waals surface area contributed by atoms with Crippen LogP contribution in [0.2, 0.25) is 0 Å². The third-order valence-electron chi connectivity index (χ3n) is 4.19. The lowest BCUT2D eigenvalue weighted by molar-refractivity contribution is -0.154. The van der Waals surface area contributed by atoms with Gasteiger partial charge in [-0.05, 0) is 44.2 Å². The monoisotopic (exact) mass is 356 g/mol. The molecule has 1 aliphatic heterocycles. The lowest BCUT2D eigenvalue weighted by atomic mass is 9.80. The van der Waals surface area contributed by atoms with Gasteiger partial charge in [-0.25, -0.2) is 13.1 Å². The first-order valence-corrected chi connectivity index (χ1v) is 8.92. The van der Waals surface area contributed by atoms with E-state index in [2.05, 4.69) is 10.0 Å². The van der Waals surface area contributed by atoms with Gasteiger partial charge in [-0.3, -0.25) is 9.59 Å². The molecule has 2 rings (SSSR count). The number of carboxylic acid groups (broad SMARTS) is 1. The van der Waals surface area contributed by atoms with Gasteiger partial charge in [0.1, 0.15) is 0 Å². The number of hydrogen-bond acceptors (Lipinski definition) is 5. The van der Waals surface area contributed by atoms with Crippen molar-refractivity contribution in [3.63, 3.8) is 0 Å². The zero-order valence-electron chi connectivity index (χ0n) is 13.2. The summed E-state index contributed by atoms with van der Waals surface area (Å²) in [6.45, 7) is 0.693. The van der Waals surface area contributed by atoms with Gasteiger partial charge in [-0.2, -0.15) is 0 Å². The molecule has 0 unspecified atom stereocenters. The fourth-order valence-corrected chi connectivity index (χ4v) is 3.21. The van der Waals surface area contributed by atoms with Crippen LogP contribution in [0.4, 0.5) is 0 Å². The largest absolute Gasteiger partial charge is 0.481 e. The molecule has 0 aromatic heterocycles. The molecule has 1 aliphatic rings. The van der Waals surface area contributed by atoms with Crippen molar-refractivity contribution in [3.05, 3.63) is 29.8 Å². The average molecular weight is 356 g/mol. The number of carbonyl (C=O) groups excluding carboxylic acids is 1. The molecule has 1 amide bonds. The molecule has 0 saturated carbocycles. The fourth-order valence-electron chi connectivity index (χ4n) is 2.48. The number of sulfonamides is 1. The van der Waals surface area contributed by atoms with Gasteiger partial charge in [0, 0.05) is 25.3 Å². The minimum Gasteiger partial charge on any atom is -0.481 e. The standard InChI is InChI=1S/C15H20N2O6S/c1-16-24(21,22)12-4-2-11(3-5-12)13(18)17-10-15(14(19)20)6-8-23-9-7-15/h2-5,16H,6-10H2,1H3,(H,17,18)(H,19,20). The Kier molecular flexibility index (Phi) is 5.58.